The number of benzene rings is 1. The van der Waals surface area contributed by atoms with Gasteiger partial charge in [-0.1, -0.05) is 24.3 Å². The predicted molar refractivity (Wildman–Crippen MR) is 78.1 cm³/mol. The van der Waals surface area contributed by atoms with Gasteiger partial charge in [0.15, 0.2) is 0 Å². The Bertz CT molecular complexity index is 546. The van der Waals surface area contributed by atoms with E-state index in [1.807, 2.05) is 57.2 Å². The average Bonchev–Trinajstić information content (AvgIpc) is 2.35. The van der Waals surface area contributed by atoms with E-state index in [1.54, 1.807) is 0 Å². The molecule has 0 aliphatic carbocycles. The van der Waals surface area contributed by atoms with Gasteiger partial charge in [0.1, 0.15) is 6.17 Å². The maximum atomic E-state index is 13.9. The van der Waals surface area contributed by atoms with Gasteiger partial charge in [0.25, 0.3) is 0 Å². The highest BCUT2D eigenvalue weighted by Gasteiger charge is 2.14. The number of alkyl halides is 1. The van der Waals surface area contributed by atoms with Gasteiger partial charge < -0.3 is 5.32 Å². The first kappa shape index (κ1) is 13.9. The van der Waals surface area contributed by atoms with Crippen molar-refractivity contribution in [1.82, 2.24) is 10.3 Å². The zero-order chi connectivity index (χ0) is 13.9. The van der Waals surface area contributed by atoms with E-state index < -0.39 is 6.17 Å². The third-order valence-electron chi connectivity index (χ3n) is 2.94. The molecule has 3 heteroatoms. The number of hydrogen-bond donors (Lipinski definition) is 1. The van der Waals surface area contributed by atoms with Crippen LogP contribution in [0.3, 0.4) is 0 Å². The van der Waals surface area contributed by atoms with Gasteiger partial charge in [-0.3, -0.25) is 4.98 Å². The smallest absolute Gasteiger partial charge is 0.118 e. The lowest BCUT2D eigenvalue weighted by molar-refractivity contribution is 0.283. The highest BCUT2D eigenvalue weighted by molar-refractivity contribution is 5.78. The van der Waals surface area contributed by atoms with Crippen LogP contribution in [0.4, 0.5) is 4.39 Å². The molecule has 0 radical (unpaired) electrons. The number of halogens is 1. The summed E-state index contributed by atoms with van der Waals surface area (Å²) in [4.78, 5) is 4.49. The van der Waals surface area contributed by atoms with Crippen LogP contribution in [0.5, 0.6) is 0 Å². The second kappa shape index (κ2) is 5.66. The molecule has 1 aromatic carbocycles. The standard InChI is InChI=1S/C16H21FN2/c1-16(2,3)18-11-13(17)10-14-9-8-12-6-4-5-7-15(12)19-14/h4-9,13,18H,10-11H2,1-3H3. The maximum Gasteiger partial charge on any atom is 0.118 e. The topological polar surface area (TPSA) is 24.9 Å². The highest BCUT2D eigenvalue weighted by atomic mass is 19.1. The zero-order valence-corrected chi connectivity index (χ0v) is 11.8. The first-order chi connectivity index (χ1) is 8.94. The van der Waals surface area contributed by atoms with Gasteiger partial charge in [0.2, 0.25) is 0 Å². The predicted octanol–water partition coefficient (Wildman–Crippen LogP) is 3.50. The van der Waals surface area contributed by atoms with Crippen LogP contribution in [0.15, 0.2) is 36.4 Å². The van der Waals surface area contributed by atoms with Gasteiger partial charge in [-0.25, -0.2) is 4.39 Å². The molecule has 0 amide bonds. The average molecular weight is 260 g/mol. The number of aromatic nitrogens is 1. The normalized spacial score (nSPS) is 13.7. The van der Waals surface area contributed by atoms with E-state index in [0.717, 1.165) is 16.6 Å². The van der Waals surface area contributed by atoms with Crippen molar-refractivity contribution < 1.29 is 4.39 Å². The molecule has 1 unspecified atom stereocenters. The minimum absolute atomic E-state index is 0.0544. The van der Waals surface area contributed by atoms with Crippen molar-refractivity contribution in [3.63, 3.8) is 0 Å². The van der Waals surface area contributed by atoms with Gasteiger partial charge in [-0.15, -0.1) is 0 Å². The largest absolute Gasteiger partial charge is 0.309 e. The summed E-state index contributed by atoms with van der Waals surface area (Å²) in [5.41, 5.74) is 1.68. The molecule has 2 aromatic rings. The number of para-hydroxylation sites is 1. The lowest BCUT2D eigenvalue weighted by Gasteiger charge is -2.21. The van der Waals surface area contributed by atoms with Crippen LogP contribution in [0.25, 0.3) is 10.9 Å². The van der Waals surface area contributed by atoms with E-state index in [0.29, 0.717) is 13.0 Å². The third-order valence-corrected chi connectivity index (χ3v) is 2.94. The highest BCUT2D eigenvalue weighted by Crippen LogP contribution is 2.13. The monoisotopic (exact) mass is 260 g/mol. The third kappa shape index (κ3) is 4.28. The Balaban J connectivity index is 2.00. The Morgan fingerprint density at radius 1 is 1.16 bits per heavy atom. The Morgan fingerprint density at radius 3 is 2.63 bits per heavy atom. The van der Waals surface area contributed by atoms with Crippen LogP contribution in [0.2, 0.25) is 0 Å². The SMILES string of the molecule is CC(C)(C)NCC(F)Cc1ccc2ccccc2n1. The molecule has 0 fully saturated rings. The van der Waals surface area contributed by atoms with E-state index in [9.17, 15) is 4.39 Å². The van der Waals surface area contributed by atoms with Gasteiger partial charge >= 0.3 is 0 Å². The fraction of sp³-hybridized carbons (Fsp3) is 0.438. The molecule has 2 nitrogen and oxygen atoms in total. The zero-order valence-electron chi connectivity index (χ0n) is 11.8. The molecule has 0 bridgehead atoms. The molecule has 102 valence electrons. The van der Waals surface area contributed by atoms with Gasteiger partial charge in [0.05, 0.1) is 5.52 Å². The summed E-state index contributed by atoms with van der Waals surface area (Å²) in [6, 6.07) is 11.8. The molecule has 1 atom stereocenters. The number of hydrogen-bond acceptors (Lipinski definition) is 2. The van der Waals surface area contributed by atoms with Crippen molar-refractivity contribution in [2.24, 2.45) is 0 Å². The van der Waals surface area contributed by atoms with Crippen LogP contribution in [0, 0.1) is 0 Å². The molecule has 1 aromatic heterocycles. The summed E-state index contributed by atoms with van der Waals surface area (Å²) < 4.78 is 13.9. The quantitative estimate of drug-likeness (QED) is 0.910. The van der Waals surface area contributed by atoms with Crippen LogP contribution in [-0.4, -0.2) is 23.2 Å². The van der Waals surface area contributed by atoms with E-state index in [2.05, 4.69) is 10.3 Å². The minimum Gasteiger partial charge on any atom is -0.309 e. The fourth-order valence-corrected chi connectivity index (χ4v) is 1.94. The fourth-order valence-electron chi connectivity index (χ4n) is 1.94. The maximum absolute atomic E-state index is 13.9. The Labute approximate surface area is 114 Å². The van der Waals surface area contributed by atoms with E-state index in [1.165, 1.54) is 0 Å². The first-order valence-corrected chi connectivity index (χ1v) is 6.68. The summed E-state index contributed by atoms with van der Waals surface area (Å²) in [5.74, 6) is 0. The summed E-state index contributed by atoms with van der Waals surface area (Å²) in [6.07, 6.45) is -0.554. The van der Waals surface area contributed by atoms with Gasteiger partial charge in [-0.05, 0) is 32.9 Å². The summed E-state index contributed by atoms with van der Waals surface area (Å²) in [7, 11) is 0. The molecular weight excluding hydrogens is 239 g/mol. The summed E-state index contributed by atoms with van der Waals surface area (Å²) >= 11 is 0. The number of pyridine rings is 1. The van der Waals surface area contributed by atoms with Crippen molar-refractivity contribution in [2.75, 3.05) is 6.54 Å². The lowest BCUT2D eigenvalue weighted by Crippen LogP contribution is -2.40. The van der Waals surface area contributed by atoms with Crippen molar-refractivity contribution in [3.8, 4) is 0 Å². The number of rotatable bonds is 4. The van der Waals surface area contributed by atoms with Crippen LogP contribution in [-0.2, 0) is 6.42 Å². The number of fused-ring (bicyclic) bond motifs is 1. The second-order valence-electron chi connectivity index (χ2n) is 5.93. The Kier molecular flexibility index (Phi) is 4.15. The van der Waals surface area contributed by atoms with Crippen molar-refractivity contribution in [3.05, 3.63) is 42.1 Å². The number of nitrogens with one attached hydrogen (secondary N) is 1. The Morgan fingerprint density at radius 2 is 1.89 bits per heavy atom. The molecule has 19 heavy (non-hydrogen) atoms. The molecule has 0 aliphatic heterocycles. The van der Waals surface area contributed by atoms with E-state index >= 15 is 0 Å². The van der Waals surface area contributed by atoms with Crippen molar-refractivity contribution in [2.45, 2.75) is 38.9 Å². The van der Waals surface area contributed by atoms with Crippen LogP contribution in [0.1, 0.15) is 26.5 Å². The summed E-state index contributed by atoms with van der Waals surface area (Å²) in [6.45, 7) is 6.47. The molecular formula is C16H21FN2. The van der Waals surface area contributed by atoms with Crippen LogP contribution < -0.4 is 5.32 Å². The van der Waals surface area contributed by atoms with E-state index in [-0.39, 0.29) is 5.54 Å². The Hall–Kier alpha value is -1.48. The molecule has 0 saturated heterocycles. The molecule has 1 heterocycles. The molecule has 0 saturated carbocycles. The molecule has 2 rings (SSSR count). The summed E-state index contributed by atoms with van der Waals surface area (Å²) in [5, 5.41) is 4.27. The lowest BCUT2D eigenvalue weighted by atomic mass is 10.1. The van der Waals surface area contributed by atoms with Gasteiger partial charge in [-0.2, -0.15) is 0 Å². The van der Waals surface area contributed by atoms with Crippen molar-refractivity contribution >= 4 is 10.9 Å². The number of nitrogens with zero attached hydrogens (tertiary/aromatic N) is 1. The first-order valence-electron chi connectivity index (χ1n) is 6.68. The van der Waals surface area contributed by atoms with Crippen LogP contribution >= 0.6 is 0 Å². The second-order valence-corrected chi connectivity index (χ2v) is 5.93. The van der Waals surface area contributed by atoms with Crippen molar-refractivity contribution in [1.29, 1.82) is 0 Å². The minimum atomic E-state index is -0.909. The van der Waals surface area contributed by atoms with E-state index in [4.69, 9.17) is 0 Å². The van der Waals surface area contributed by atoms with Gasteiger partial charge in [0, 0.05) is 29.6 Å². The molecule has 1 N–H and O–H groups in total. The molecule has 0 spiro atoms. The molecule has 0 aliphatic rings.